The average molecular weight is 2170 g/mol. The van der Waals surface area contributed by atoms with Crippen LogP contribution >= 0.6 is 22.6 Å². The lowest BCUT2D eigenvalue weighted by Crippen LogP contribution is -2.48. The number of nitrogens with zero attached hydrogens (tertiary/aromatic N) is 5. The molecule has 8 aliphatic rings. The Morgan fingerprint density at radius 1 is 0.421 bits per heavy atom. The van der Waals surface area contributed by atoms with Crippen LogP contribution in [0.2, 0.25) is 0 Å². The molecule has 2 heterocycles. The number of hydrogen-bond acceptors (Lipinski definition) is 24. The molecule has 0 unspecified atom stereocenters. The van der Waals surface area contributed by atoms with Gasteiger partial charge in [-0.15, -0.1) is 0 Å². The molecule has 7 amide bonds. The summed E-state index contributed by atoms with van der Waals surface area (Å²) in [5.74, 6) is 2.69. The molecule has 11 rings (SSSR count). The topological polar surface area (TPSA) is 421 Å². The molecule has 0 spiro atoms. The van der Waals surface area contributed by atoms with E-state index in [-0.39, 0.29) is 117 Å². The van der Waals surface area contributed by atoms with Crippen molar-refractivity contribution in [3.8, 4) is 0 Å². The first-order valence-corrected chi connectivity index (χ1v) is 57.6. The number of carbonyl (C=O) groups excluding carboxylic acids is 9. The van der Waals surface area contributed by atoms with Crippen molar-refractivity contribution in [1.29, 1.82) is 11.1 Å². The number of amides is 7. The Labute approximate surface area is 889 Å². The molecule has 6 atom stereocenters. The first-order chi connectivity index (χ1) is 68.3. The molecule has 6 saturated carbocycles. The summed E-state index contributed by atoms with van der Waals surface area (Å²) in [5, 5.41) is 26.8. The predicted molar refractivity (Wildman–Crippen MR) is 590 cm³/mol. The molecule has 0 bridgehead atoms. The van der Waals surface area contributed by atoms with Crippen LogP contribution < -0.4 is 21.7 Å². The van der Waals surface area contributed by atoms with Crippen molar-refractivity contribution in [3.63, 3.8) is 0 Å². The first-order valence-electron chi connectivity index (χ1n) is 54.0. The summed E-state index contributed by atoms with van der Waals surface area (Å²) in [6.45, 7) is 34.8. The van der Waals surface area contributed by atoms with Gasteiger partial charge in [0.1, 0.15) is 28.0 Å². The minimum absolute atomic E-state index is 0. The van der Waals surface area contributed by atoms with E-state index < -0.39 is 44.2 Å². The van der Waals surface area contributed by atoms with E-state index >= 15 is 0 Å². The molecule has 6 fully saturated rings. The third-order valence-electron chi connectivity index (χ3n) is 27.3. The quantitative estimate of drug-likeness (QED) is 0.00549. The molecule has 10 N–H and O–H groups in total. The van der Waals surface area contributed by atoms with Gasteiger partial charge in [-0.1, -0.05) is 257 Å². The number of likely N-dealkylation sites (N-methyl/N-ethyl adjacent to an activating group) is 6. The van der Waals surface area contributed by atoms with Gasteiger partial charge < -0.3 is 70.3 Å². The van der Waals surface area contributed by atoms with E-state index in [2.05, 4.69) is 45.6 Å². The van der Waals surface area contributed by atoms with E-state index in [9.17, 15) is 56.7 Å². The SMILES string of the molecule is CC(C)(C)OC(=O)C[C@@H](CC1CCCCC1)CN1C(=O)c2ccccc2C1=O.CC(C)(C)OC(=O)C[C@H](CO)CC1CCCCC1.CCO.CI.CN(C(=O)OC(C)(C)C)[C@@H](CC1CCCCC1)CN1C(=O)c2ccccc2C1=O.CN(C(=O)OC(C)(C)C)[C@H](CN)CC1CCCCC1.CNC[C@H](CC1CCCCC1)N(C)C(=O)OC(C)(C)C.CNC[C@H](CC1CCCCC1)NC.Cc1ccc(S(=O)(=O)O)cc1.N=N.[HH]. The fourth-order valence-electron chi connectivity index (χ4n) is 20.1. The maximum atomic E-state index is 12.8. The lowest BCUT2D eigenvalue weighted by molar-refractivity contribution is -0.157. The number of benzene rings is 3. The van der Waals surface area contributed by atoms with Gasteiger partial charge in [0.25, 0.3) is 33.7 Å². The van der Waals surface area contributed by atoms with Crippen LogP contribution in [0, 0.1) is 65.3 Å². The molecule has 6 aliphatic carbocycles. The van der Waals surface area contributed by atoms with Crippen molar-refractivity contribution >= 4 is 86.6 Å². The fraction of sp³-hybridized carbons (Fsp3) is 0.761. The number of imide groups is 2. The Balaban J connectivity index is 0.000000858. The van der Waals surface area contributed by atoms with Crippen LogP contribution in [0.5, 0.6) is 0 Å². The van der Waals surface area contributed by atoms with Gasteiger partial charge in [-0.2, -0.15) is 8.42 Å². The van der Waals surface area contributed by atoms with E-state index in [1.807, 2.05) is 137 Å². The highest BCUT2D eigenvalue weighted by molar-refractivity contribution is 14.1. The summed E-state index contributed by atoms with van der Waals surface area (Å²) < 4.78 is 56.8. The number of rotatable bonds is 31. The van der Waals surface area contributed by atoms with Crippen molar-refractivity contribution in [2.45, 2.75) is 419 Å². The summed E-state index contributed by atoms with van der Waals surface area (Å²) >= 11 is 2.15. The van der Waals surface area contributed by atoms with E-state index in [4.69, 9.17) is 50.1 Å². The van der Waals surface area contributed by atoms with E-state index in [0.717, 1.165) is 88.3 Å². The van der Waals surface area contributed by atoms with Gasteiger partial charge in [0.05, 0.1) is 46.0 Å². The van der Waals surface area contributed by atoms with Gasteiger partial charge in [-0.05, 0) is 266 Å². The fourth-order valence-corrected chi connectivity index (χ4v) is 20.6. The van der Waals surface area contributed by atoms with Crippen LogP contribution in [0.4, 0.5) is 14.4 Å². The summed E-state index contributed by atoms with van der Waals surface area (Å²) in [6, 6.07) is 20.5. The monoisotopic (exact) mass is 2170 g/mol. The summed E-state index contributed by atoms with van der Waals surface area (Å²) in [5.41, 5.74) is 16.1. The van der Waals surface area contributed by atoms with Gasteiger partial charge in [0.2, 0.25) is 0 Å². The van der Waals surface area contributed by atoms with Gasteiger partial charge in [0.15, 0.2) is 0 Å². The second-order valence-electron chi connectivity index (χ2n) is 45.6. The number of hydrogen-bond donors (Lipinski definition) is 9. The molecule has 832 valence electrons. The van der Waals surface area contributed by atoms with Crippen LogP contribution in [-0.4, -0.2) is 247 Å². The second-order valence-corrected chi connectivity index (χ2v) is 47.1. The Kier molecular flexibility index (Phi) is 64.5. The van der Waals surface area contributed by atoms with Crippen LogP contribution in [0.3, 0.4) is 0 Å². The Hall–Kier alpha value is -7.31. The molecule has 145 heavy (non-hydrogen) atoms. The molecule has 30 nitrogen and oxygen atoms in total. The maximum Gasteiger partial charge on any atom is 0.410 e. The van der Waals surface area contributed by atoms with Gasteiger partial charge in [0, 0.05) is 86.6 Å². The number of aliphatic hydroxyl groups is 2. The van der Waals surface area contributed by atoms with Gasteiger partial charge >= 0.3 is 30.2 Å². The van der Waals surface area contributed by atoms with Crippen molar-refractivity contribution in [2.24, 2.45) is 53.1 Å². The standard InChI is InChI=1S/C23H32N2O4.C23H31NO4.C16H32N2O2.C15H30N2O2.C15H28O3.C11H24N2.C7H8O3S.C2H6O.CH3I.H2N2.H2/c1-23(2,3)29-22(28)24(4)17(14-16-10-6-5-7-11-16)15-25-20(26)18-12-8-9-13-19(18)21(25)27;1-23(2,3)28-20(25)14-17(13-16-9-5-4-6-10-16)15-24-21(26)18-11-7-8-12-19(18)22(24)27;1-16(2,3)20-15(19)18(5)14(12-17-4)11-13-9-7-6-8-10-13;1-15(2,3)19-14(18)17(4)13(11-16)10-12-8-6-5-7-9-12;1-15(2,3)18-14(17)10-13(11-16)9-12-7-5-4-6-8-12;1-12-9-11(13-2)8-10-6-4-3-5-7-10;1-6-2-4-7(5-3-6)11(8,9)10;1-2-3;2*1-2;/h8-9,12-13,16-17H,5-7,10-11,14-15H2,1-4H3;7-8,11-12,16-17H,4-6,9-10,13-15H2,1-3H3;13-14,17H,6-12H2,1-5H3;12-13H,5-11,16H2,1-4H3;12-13,16H,4-11H2,1-3H3;10-13H,3-9H2,1-2H3;2-5H,1H3,(H,8,9,10);3H,2H2,1H3;1H3;1-2H;1H/t2*17-;14-;2*13-;11-;;;;;/m010010...../s1. The molecule has 3 aromatic rings. The number of halogens is 1. The molecule has 0 aromatic heterocycles. The molecule has 32 heteroatoms. The van der Waals surface area contributed by atoms with Crippen LogP contribution in [0.1, 0.15) is 403 Å². The van der Waals surface area contributed by atoms with Crippen LogP contribution in [-0.2, 0) is 43.4 Å². The number of aliphatic hydroxyl groups excluding tert-OH is 2. The Morgan fingerprint density at radius 2 is 0.683 bits per heavy atom. The normalized spacial score (nSPS) is 17.9. The number of nitrogens with two attached hydrogens (primary N) is 1. The van der Waals surface area contributed by atoms with Crippen molar-refractivity contribution in [1.82, 2.24) is 40.4 Å². The average Bonchev–Trinajstić information content (AvgIpc) is 1.64. The molecule has 2 aliphatic heterocycles. The molecule has 0 radical (unpaired) electrons. The smallest absolute Gasteiger partial charge is 0.410 e. The van der Waals surface area contributed by atoms with Gasteiger partial charge in [-0.3, -0.25) is 43.1 Å². The lowest BCUT2D eigenvalue weighted by Gasteiger charge is -2.35. The summed E-state index contributed by atoms with van der Waals surface area (Å²) in [4.78, 5) is 122. The van der Waals surface area contributed by atoms with E-state index in [1.54, 1.807) is 96.4 Å². The van der Waals surface area contributed by atoms with E-state index in [1.165, 1.54) is 195 Å². The summed E-state index contributed by atoms with van der Waals surface area (Å²) in [6.07, 6.45) is 44.6. The molecular weight excluding hydrogens is 1970 g/mol. The Morgan fingerprint density at radius 3 is 0.966 bits per heavy atom. The highest BCUT2D eigenvalue weighted by atomic mass is 127. The zero-order valence-electron chi connectivity index (χ0n) is 93.6. The highest BCUT2D eigenvalue weighted by Crippen LogP contribution is 2.38. The van der Waals surface area contributed by atoms with Crippen molar-refractivity contribution in [3.05, 3.63) is 101 Å². The lowest BCUT2D eigenvalue weighted by atomic mass is 9.81. The predicted octanol–water partition coefficient (Wildman–Crippen LogP) is 23.8. The zero-order valence-corrected chi connectivity index (χ0v) is 96.6. The Bertz CT molecular complexity index is 4220. The zero-order chi connectivity index (χ0) is 109. The highest BCUT2D eigenvalue weighted by Gasteiger charge is 2.42. The van der Waals surface area contributed by atoms with Crippen molar-refractivity contribution < 1.29 is 91.4 Å². The number of nitrogens with one attached hydrogen (secondary N) is 5. The second kappa shape index (κ2) is 69.9. The van der Waals surface area contributed by atoms with Crippen LogP contribution in [0.25, 0.3) is 0 Å². The number of esters is 2. The van der Waals surface area contributed by atoms with Crippen molar-refractivity contribution in [2.75, 3.05) is 93.2 Å². The third-order valence-corrected chi connectivity index (χ3v) is 28.2. The largest absolute Gasteiger partial charge is 0.460 e. The number of aryl methyl sites for hydroxylation is 1. The maximum absolute atomic E-state index is 12.8. The number of ether oxygens (including phenoxy) is 5. The first kappa shape index (κ1) is 134. The number of carbonyl (C=O) groups is 9. The molecular formula is C113H198IN11O19S. The third kappa shape index (κ3) is 55.3. The van der Waals surface area contributed by atoms with Gasteiger partial charge in [-0.25, -0.2) is 25.4 Å². The minimum Gasteiger partial charge on any atom is -0.460 e. The number of alkyl halides is 1. The molecule has 0 saturated heterocycles. The van der Waals surface area contributed by atoms with Crippen LogP contribution in [0.15, 0.2) is 77.7 Å². The number of fused-ring (bicyclic) bond motifs is 2. The minimum atomic E-state index is -4.02. The van der Waals surface area contributed by atoms with E-state index in [0.29, 0.717) is 64.9 Å². The summed E-state index contributed by atoms with van der Waals surface area (Å²) in [7, 11) is 7.40. The molecule has 3 aromatic carbocycles.